The summed E-state index contributed by atoms with van der Waals surface area (Å²) in [5, 5.41) is 9.00. The average molecular weight is 561 g/mol. The number of nitrogens with one attached hydrogen (secondary N) is 1. The second kappa shape index (κ2) is 9.93. The van der Waals surface area contributed by atoms with E-state index in [2.05, 4.69) is 32.8 Å². The highest BCUT2D eigenvalue weighted by atomic mass is 79.9. The molecule has 0 bridgehead atoms. The van der Waals surface area contributed by atoms with Crippen molar-refractivity contribution in [2.45, 2.75) is 11.3 Å². The molecule has 3 aromatic carbocycles. The molecule has 1 saturated heterocycles. The van der Waals surface area contributed by atoms with Gasteiger partial charge in [-0.05, 0) is 75.9 Å². The zero-order valence-corrected chi connectivity index (χ0v) is 20.4. The predicted molar refractivity (Wildman–Crippen MR) is 128 cm³/mol. The molecule has 0 aromatic heterocycles. The van der Waals surface area contributed by atoms with E-state index in [1.54, 1.807) is 23.1 Å². The number of sulfonamides is 1. The third-order valence-electron chi connectivity index (χ3n) is 5.23. The first kappa shape index (κ1) is 24.5. The summed E-state index contributed by atoms with van der Waals surface area (Å²) >= 11 is 3.18. The lowest BCUT2D eigenvalue weighted by molar-refractivity contribution is -0.139. The first-order valence-electron chi connectivity index (χ1n) is 10.3. The number of hydrogen-bond acceptors (Lipinski definition) is 5. The molecule has 0 unspecified atom stereocenters. The quantitative estimate of drug-likeness (QED) is 0.431. The lowest BCUT2D eigenvalue weighted by Crippen LogP contribution is -2.42. The number of likely N-dealkylation sites (tertiary alicyclic amines) is 1. The molecular formula is C24H18BrFN2O6S. The molecule has 8 nitrogen and oxygen atoms in total. The summed E-state index contributed by atoms with van der Waals surface area (Å²) in [6.45, 7) is 0.257. The Morgan fingerprint density at radius 3 is 2.54 bits per heavy atom. The SMILES string of the molecule is O=C(O)COc1c(Br)cc(C(=O)N2CCC2)cc1S(=O)(=O)Nc1cc(-c2cc#ccc2)ccc1F. The molecule has 11 heteroatoms. The fraction of sp³-hybridized carbons (Fsp3) is 0.167. The molecule has 1 fully saturated rings. The molecule has 4 rings (SSSR count). The van der Waals surface area contributed by atoms with Gasteiger partial charge in [0.25, 0.3) is 15.9 Å². The van der Waals surface area contributed by atoms with Crippen molar-refractivity contribution in [2.24, 2.45) is 0 Å². The first-order chi connectivity index (χ1) is 16.7. The number of amides is 1. The summed E-state index contributed by atoms with van der Waals surface area (Å²) in [5.41, 5.74) is 0.916. The second-order valence-corrected chi connectivity index (χ2v) is 10.1. The molecule has 0 saturated carbocycles. The smallest absolute Gasteiger partial charge is 0.341 e. The monoisotopic (exact) mass is 560 g/mol. The highest BCUT2D eigenvalue weighted by Crippen LogP contribution is 2.36. The Morgan fingerprint density at radius 1 is 1.14 bits per heavy atom. The average Bonchev–Trinajstić information content (AvgIpc) is 2.78. The number of aliphatic carboxylic acids is 1. The Bertz CT molecular complexity index is 1390. The summed E-state index contributed by atoms with van der Waals surface area (Å²) in [6.07, 6.45) is 0.840. The molecule has 2 N–H and O–H groups in total. The molecule has 0 radical (unpaired) electrons. The fourth-order valence-electron chi connectivity index (χ4n) is 3.38. The maximum atomic E-state index is 14.6. The van der Waals surface area contributed by atoms with Crippen molar-refractivity contribution in [3.05, 3.63) is 76.5 Å². The number of benzene rings is 2. The maximum absolute atomic E-state index is 14.6. The van der Waals surface area contributed by atoms with E-state index in [0.29, 0.717) is 24.2 Å². The predicted octanol–water partition coefficient (Wildman–Crippen LogP) is 3.97. The Morgan fingerprint density at radius 2 is 1.91 bits per heavy atom. The van der Waals surface area contributed by atoms with Crippen LogP contribution in [0, 0.1) is 17.9 Å². The van der Waals surface area contributed by atoms with Crippen LogP contribution in [-0.2, 0) is 14.8 Å². The number of carboxylic acids is 1. The van der Waals surface area contributed by atoms with Crippen LogP contribution >= 0.6 is 15.9 Å². The molecule has 0 spiro atoms. The number of anilines is 1. The molecular weight excluding hydrogens is 543 g/mol. The largest absolute Gasteiger partial charge is 0.479 e. The van der Waals surface area contributed by atoms with E-state index in [1.807, 2.05) is 0 Å². The van der Waals surface area contributed by atoms with Crippen molar-refractivity contribution in [1.82, 2.24) is 4.90 Å². The normalized spacial score (nSPS) is 12.9. The van der Waals surface area contributed by atoms with Gasteiger partial charge in [0.15, 0.2) is 12.4 Å². The Labute approximate surface area is 209 Å². The third-order valence-corrected chi connectivity index (χ3v) is 7.19. The molecule has 35 heavy (non-hydrogen) atoms. The number of halogens is 2. The molecule has 1 aliphatic rings. The van der Waals surface area contributed by atoms with Crippen LogP contribution < -0.4 is 9.46 Å². The number of nitrogens with zero attached hydrogens (tertiary/aromatic N) is 1. The standard InChI is InChI=1S/C24H18BrFN2O6S/c25-18-11-17(24(31)28-9-4-10-28)13-21(23(18)34-14-22(29)30)35(32,33)27-20-12-16(7-8-19(20)26)15-5-2-1-3-6-15/h2,5-8,11-13,27H,4,9-10,14H2,(H,29,30). The van der Waals surface area contributed by atoms with Crippen molar-refractivity contribution in [3.63, 3.8) is 0 Å². The van der Waals surface area contributed by atoms with Crippen molar-refractivity contribution in [3.8, 4) is 16.9 Å². The van der Waals surface area contributed by atoms with E-state index < -0.39 is 33.3 Å². The van der Waals surface area contributed by atoms with Crippen LogP contribution in [0.4, 0.5) is 10.1 Å². The summed E-state index contributed by atoms with van der Waals surface area (Å²) in [4.78, 5) is 24.8. The molecule has 1 heterocycles. The minimum Gasteiger partial charge on any atom is -0.479 e. The number of carboxylic acid groups (broad SMARTS) is 1. The van der Waals surface area contributed by atoms with Gasteiger partial charge < -0.3 is 14.7 Å². The van der Waals surface area contributed by atoms with Gasteiger partial charge in [-0.2, -0.15) is 0 Å². The fourth-order valence-corrected chi connectivity index (χ4v) is 5.33. The molecule has 0 atom stereocenters. The number of rotatable bonds is 8. The molecule has 1 amide bonds. The number of hydrogen-bond donors (Lipinski definition) is 2. The Balaban J connectivity index is 1.76. The van der Waals surface area contributed by atoms with E-state index in [9.17, 15) is 22.4 Å². The van der Waals surface area contributed by atoms with Gasteiger partial charge in [0.1, 0.15) is 10.7 Å². The van der Waals surface area contributed by atoms with Gasteiger partial charge in [0.05, 0.1) is 10.2 Å². The molecule has 180 valence electrons. The van der Waals surface area contributed by atoms with Crippen LogP contribution in [0.3, 0.4) is 0 Å². The maximum Gasteiger partial charge on any atom is 0.341 e. The topological polar surface area (TPSA) is 113 Å². The highest BCUT2D eigenvalue weighted by molar-refractivity contribution is 9.10. The van der Waals surface area contributed by atoms with E-state index in [4.69, 9.17) is 9.84 Å². The van der Waals surface area contributed by atoms with Crippen LogP contribution in [-0.4, -0.2) is 50.0 Å². The first-order valence-corrected chi connectivity index (χ1v) is 12.6. The summed E-state index contributed by atoms with van der Waals surface area (Å²) < 4.78 is 48.9. The number of carbonyl (C=O) groups is 2. The van der Waals surface area contributed by atoms with Gasteiger partial charge in [-0.15, -0.1) is 0 Å². The van der Waals surface area contributed by atoms with Crippen molar-refractivity contribution in [2.75, 3.05) is 24.4 Å². The van der Waals surface area contributed by atoms with Gasteiger partial charge in [-0.3, -0.25) is 9.52 Å². The summed E-state index contributed by atoms with van der Waals surface area (Å²) in [5.74, 6) is -2.86. The number of ether oxygens (including phenoxy) is 1. The minimum absolute atomic E-state index is 0.0601. The third kappa shape index (κ3) is 5.39. The highest BCUT2D eigenvalue weighted by Gasteiger charge is 2.29. The van der Waals surface area contributed by atoms with Crippen LogP contribution in [0.5, 0.6) is 5.75 Å². The zero-order chi connectivity index (χ0) is 25.2. The zero-order valence-electron chi connectivity index (χ0n) is 18.0. The summed E-state index contributed by atoms with van der Waals surface area (Å²) in [6, 6.07) is 16.8. The van der Waals surface area contributed by atoms with Gasteiger partial charge in [-0.1, -0.05) is 18.2 Å². The van der Waals surface area contributed by atoms with E-state index in [-0.39, 0.29) is 27.4 Å². The molecule has 1 aliphatic heterocycles. The Hall–Kier alpha value is -3.62. The van der Waals surface area contributed by atoms with Crippen LogP contribution in [0.1, 0.15) is 16.8 Å². The van der Waals surface area contributed by atoms with Crippen LogP contribution in [0.25, 0.3) is 11.1 Å². The molecule has 0 aliphatic carbocycles. The van der Waals surface area contributed by atoms with Crippen molar-refractivity contribution < 1.29 is 32.2 Å². The molecule has 3 aromatic rings. The lowest BCUT2D eigenvalue weighted by Gasteiger charge is -2.31. The van der Waals surface area contributed by atoms with Crippen LogP contribution in [0.2, 0.25) is 0 Å². The lowest BCUT2D eigenvalue weighted by atomic mass is 10.1. The van der Waals surface area contributed by atoms with E-state index >= 15 is 0 Å². The van der Waals surface area contributed by atoms with Crippen molar-refractivity contribution in [1.29, 1.82) is 0 Å². The van der Waals surface area contributed by atoms with E-state index in [0.717, 1.165) is 18.6 Å². The number of carbonyl (C=O) groups excluding carboxylic acids is 1. The van der Waals surface area contributed by atoms with Crippen molar-refractivity contribution >= 4 is 43.5 Å². The summed E-state index contributed by atoms with van der Waals surface area (Å²) in [7, 11) is -4.53. The van der Waals surface area contributed by atoms with Gasteiger partial charge in [0.2, 0.25) is 0 Å². The van der Waals surface area contributed by atoms with Gasteiger partial charge in [-0.25, -0.2) is 17.6 Å². The minimum atomic E-state index is -4.53. The Kier molecular flexibility index (Phi) is 6.95. The second-order valence-electron chi connectivity index (χ2n) is 7.64. The van der Waals surface area contributed by atoms with Gasteiger partial charge in [0, 0.05) is 18.7 Å². The van der Waals surface area contributed by atoms with Gasteiger partial charge >= 0.3 is 5.97 Å². The van der Waals surface area contributed by atoms with E-state index in [1.165, 1.54) is 18.2 Å². The van der Waals surface area contributed by atoms with Crippen LogP contribution in [0.15, 0.2) is 57.9 Å².